The molecule has 0 aromatic rings. The number of nitrogens with zero attached hydrogens (tertiary/aromatic N) is 1. The van der Waals surface area contributed by atoms with E-state index in [0.717, 1.165) is 0 Å². The third kappa shape index (κ3) is 1.47. The first-order valence-electron chi connectivity index (χ1n) is 4.82. The Kier molecular flexibility index (Phi) is 2.34. The van der Waals surface area contributed by atoms with Crippen molar-refractivity contribution in [1.29, 1.82) is 0 Å². The summed E-state index contributed by atoms with van der Waals surface area (Å²) in [6, 6.07) is 0.956. The number of hydrogen-bond acceptors (Lipinski definition) is 2. The van der Waals surface area contributed by atoms with E-state index < -0.39 is 0 Å². The summed E-state index contributed by atoms with van der Waals surface area (Å²) in [5, 5.41) is 2.28. The van der Waals surface area contributed by atoms with Crippen LogP contribution in [0.4, 0.5) is 0 Å². The molecule has 2 heteroatoms. The Labute approximate surface area is 79.6 Å². The van der Waals surface area contributed by atoms with E-state index in [2.05, 4.69) is 53.8 Å². The van der Waals surface area contributed by atoms with Crippen molar-refractivity contribution in [3.63, 3.8) is 0 Å². The van der Waals surface area contributed by atoms with Gasteiger partial charge < -0.3 is 0 Å². The van der Waals surface area contributed by atoms with Gasteiger partial charge in [-0.1, -0.05) is 36.5 Å². The Morgan fingerprint density at radius 1 is 1.08 bits per heavy atom. The van der Waals surface area contributed by atoms with Gasteiger partial charge in [-0.3, -0.25) is 5.43 Å². The average Bonchev–Trinajstić information content (AvgIpc) is 2.18. The zero-order chi connectivity index (χ0) is 9.26. The molecule has 70 valence electrons. The van der Waals surface area contributed by atoms with Crippen LogP contribution in [0.2, 0.25) is 0 Å². The SMILES string of the molecule is CNN1C(C)C=CC2C=CC=CC21. The molecule has 3 atom stereocenters. The fourth-order valence-corrected chi connectivity index (χ4v) is 2.07. The van der Waals surface area contributed by atoms with E-state index in [-0.39, 0.29) is 0 Å². The van der Waals surface area contributed by atoms with Crippen molar-refractivity contribution in [1.82, 2.24) is 10.4 Å². The van der Waals surface area contributed by atoms with Gasteiger partial charge in [-0.2, -0.15) is 0 Å². The minimum absolute atomic E-state index is 0.474. The molecule has 0 spiro atoms. The first kappa shape index (κ1) is 8.73. The molecule has 2 nitrogen and oxygen atoms in total. The van der Waals surface area contributed by atoms with Crippen molar-refractivity contribution in [2.45, 2.75) is 19.0 Å². The van der Waals surface area contributed by atoms with E-state index in [9.17, 15) is 0 Å². The Hall–Kier alpha value is -0.860. The first-order chi connectivity index (χ1) is 6.33. The van der Waals surface area contributed by atoms with Crippen LogP contribution in [0.25, 0.3) is 0 Å². The summed E-state index contributed by atoms with van der Waals surface area (Å²) in [5.41, 5.74) is 3.25. The zero-order valence-corrected chi connectivity index (χ0v) is 8.14. The van der Waals surface area contributed by atoms with E-state index in [0.29, 0.717) is 18.0 Å². The highest BCUT2D eigenvalue weighted by Gasteiger charge is 2.28. The highest BCUT2D eigenvalue weighted by atomic mass is 15.5. The largest absolute Gasteiger partial charge is 0.257 e. The quantitative estimate of drug-likeness (QED) is 0.609. The lowest BCUT2D eigenvalue weighted by atomic mass is 9.90. The molecule has 3 unspecified atom stereocenters. The van der Waals surface area contributed by atoms with Crippen molar-refractivity contribution in [3.05, 3.63) is 36.5 Å². The second-order valence-electron chi connectivity index (χ2n) is 3.59. The van der Waals surface area contributed by atoms with E-state index in [1.807, 2.05) is 7.05 Å². The maximum absolute atomic E-state index is 3.25. The number of nitrogens with one attached hydrogen (secondary N) is 1. The van der Waals surface area contributed by atoms with Gasteiger partial charge in [-0.25, -0.2) is 5.01 Å². The lowest BCUT2D eigenvalue weighted by Gasteiger charge is -2.39. The molecule has 2 aliphatic rings. The van der Waals surface area contributed by atoms with Crippen LogP contribution in [0.5, 0.6) is 0 Å². The fraction of sp³-hybridized carbons (Fsp3) is 0.455. The van der Waals surface area contributed by atoms with E-state index in [1.54, 1.807) is 0 Å². The van der Waals surface area contributed by atoms with Crippen LogP contribution in [-0.2, 0) is 0 Å². The van der Waals surface area contributed by atoms with Crippen molar-refractivity contribution in [2.24, 2.45) is 5.92 Å². The molecule has 1 aliphatic carbocycles. The lowest BCUT2D eigenvalue weighted by molar-refractivity contribution is 0.112. The van der Waals surface area contributed by atoms with Gasteiger partial charge in [0.15, 0.2) is 0 Å². The van der Waals surface area contributed by atoms with Crippen molar-refractivity contribution >= 4 is 0 Å². The van der Waals surface area contributed by atoms with E-state index >= 15 is 0 Å². The highest BCUT2D eigenvalue weighted by Crippen LogP contribution is 2.24. The second-order valence-corrected chi connectivity index (χ2v) is 3.59. The van der Waals surface area contributed by atoms with Gasteiger partial charge in [0.2, 0.25) is 0 Å². The fourth-order valence-electron chi connectivity index (χ4n) is 2.07. The Morgan fingerprint density at radius 3 is 2.62 bits per heavy atom. The Morgan fingerprint density at radius 2 is 1.85 bits per heavy atom. The van der Waals surface area contributed by atoms with Crippen LogP contribution < -0.4 is 5.43 Å². The molecule has 1 aliphatic heterocycles. The van der Waals surface area contributed by atoms with Crippen LogP contribution in [0.15, 0.2) is 36.5 Å². The first-order valence-corrected chi connectivity index (χ1v) is 4.82. The number of fused-ring (bicyclic) bond motifs is 1. The summed E-state index contributed by atoms with van der Waals surface area (Å²) in [6.45, 7) is 2.20. The smallest absolute Gasteiger partial charge is 0.0530 e. The molecular weight excluding hydrogens is 160 g/mol. The van der Waals surface area contributed by atoms with Crippen LogP contribution in [-0.4, -0.2) is 24.1 Å². The van der Waals surface area contributed by atoms with Crippen LogP contribution >= 0.6 is 0 Å². The normalized spacial score (nSPS) is 37.8. The number of hydrazine groups is 1. The molecule has 2 rings (SSSR count). The third-order valence-corrected chi connectivity index (χ3v) is 2.78. The molecular formula is C11H16N2. The molecule has 1 heterocycles. The van der Waals surface area contributed by atoms with Crippen LogP contribution in [0.3, 0.4) is 0 Å². The van der Waals surface area contributed by atoms with E-state index in [4.69, 9.17) is 0 Å². The molecule has 0 amide bonds. The average molecular weight is 176 g/mol. The Bertz CT molecular complexity index is 265. The van der Waals surface area contributed by atoms with Crippen LogP contribution in [0.1, 0.15) is 6.92 Å². The minimum Gasteiger partial charge on any atom is -0.257 e. The predicted molar refractivity (Wildman–Crippen MR) is 55.1 cm³/mol. The van der Waals surface area contributed by atoms with Crippen molar-refractivity contribution in [2.75, 3.05) is 7.05 Å². The van der Waals surface area contributed by atoms with Crippen LogP contribution in [0, 0.1) is 5.92 Å². The molecule has 0 bridgehead atoms. The minimum atomic E-state index is 0.474. The third-order valence-electron chi connectivity index (χ3n) is 2.78. The summed E-state index contributed by atoms with van der Waals surface area (Å²) < 4.78 is 0. The van der Waals surface area contributed by atoms with Gasteiger partial charge in [0.05, 0.1) is 6.04 Å². The zero-order valence-electron chi connectivity index (χ0n) is 8.14. The monoisotopic (exact) mass is 176 g/mol. The maximum atomic E-state index is 3.25. The summed E-state index contributed by atoms with van der Waals surface area (Å²) in [5.74, 6) is 0.536. The van der Waals surface area contributed by atoms with Crippen molar-refractivity contribution in [3.8, 4) is 0 Å². The molecule has 0 fully saturated rings. The summed E-state index contributed by atoms with van der Waals surface area (Å²) in [7, 11) is 1.98. The number of allylic oxidation sites excluding steroid dienone is 2. The molecule has 13 heavy (non-hydrogen) atoms. The van der Waals surface area contributed by atoms with Gasteiger partial charge in [0.1, 0.15) is 0 Å². The summed E-state index contributed by atoms with van der Waals surface area (Å²) in [6.07, 6.45) is 13.3. The molecule has 0 aromatic heterocycles. The predicted octanol–water partition coefficient (Wildman–Crippen LogP) is 1.49. The van der Waals surface area contributed by atoms with Crippen molar-refractivity contribution < 1.29 is 0 Å². The molecule has 0 radical (unpaired) electrons. The summed E-state index contributed by atoms with van der Waals surface area (Å²) in [4.78, 5) is 0. The standard InChI is InChI=1S/C11H16N2/c1-9-7-8-10-5-3-4-6-11(10)13(9)12-2/h3-12H,1-2H3. The number of rotatable bonds is 1. The molecule has 0 saturated heterocycles. The van der Waals surface area contributed by atoms with Gasteiger partial charge in [0, 0.05) is 12.0 Å². The van der Waals surface area contributed by atoms with Gasteiger partial charge in [-0.05, 0) is 14.0 Å². The summed E-state index contributed by atoms with van der Waals surface area (Å²) >= 11 is 0. The Balaban J connectivity index is 2.25. The maximum Gasteiger partial charge on any atom is 0.0530 e. The van der Waals surface area contributed by atoms with Gasteiger partial charge in [0.25, 0.3) is 0 Å². The molecule has 0 aromatic carbocycles. The van der Waals surface area contributed by atoms with Gasteiger partial charge in [-0.15, -0.1) is 0 Å². The topological polar surface area (TPSA) is 15.3 Å². The highest BCUT2D eigenvalue weighted by molar-refractivity contribution is 5.24. The van der Waals surface area contributed by atoms with E-state index in [1.165, 1.54) is 0 Å². The number of hydrogen-bond donors (Lipinski definition) is 1. The molecule has 0 saturated carbocycles. The molecule has 1 N–H and O–H groups in total. The van der Waals surface area contributed by atoms with Gasteiger partial charge >= 0.3 is 0 Å². The second kappa shape index (κ2) is 3.48. The lowest BCUT2D eigenvalue weighted by Crippen LogP contribution is -2.52.